The summed E-state index contributed by atoms with van der Waals surface area (Å²) >= 11 is 0. The zero-order valence-electron chi connectivity index (χ0n) is 13.8. The predicted molar refractivity (Wildman–Crippen MR) is 85.3 cm³/mol. The standard InChI is InChI=1S/C16H22N2O5/c1-18(2)12-7-5-11(6-8-12)15(20)17-13(16(21)23-4)9-10-14(19)22-3/h5-8,13H,9-10H2,1-4H3,(H,17,20). The summed E-state index contributed by atoms with van der Waals surface area (Å²) in [6, 6.07) is 6.03. The average Bonchev–Trinajstić information content (AvgIpc) is 2.57. The number of anilines is 1. The lowest BCUT2D eigenvalue weighted by Crippen LogP contribution is -2.41. The molecule has 0 bridgehead atoms. The fraction of sp³-hybridized carbons (Fsp3) is 0.438. The summed E-state index contributed by atoms with van der Waals surface area (Å²) < 4.78 is 9.18. The van der Waals surface area contributed by atoms with E-state index in [9.17, 15) is 14.4 Å². The molecule has 0 radical (unpaired) electrons. The number of hydrogen-bond donors (Lipinski definition) is 1. The van der Waals surface area contributed by atoms with E-state index in [1.165, 1.54) is 14.2 Å². The molecule has 1 N–H and O–H groups in total. The predicted octanol–water partition coefficient (Wildman–Crippen LogP) is 0.977. The van der Waals surface area contributed by atoms with E-state index < -0.39 is 23.9 Å². The molecule has 1 amide bonds. The number of rotatable bonds is 7. The Bertz CT molecular complexity index is 554. The summed E-state index contributed by atoms with van der Waals surface area (Å²) in [5.41, 5.74) is 1.37. The molecular formula is C16H22N2O5. The fourth-order valence-electron chi connectivity index (χ4n) is 1.91. The number of nitrogens with zero attached hydrogens (tertiary/aromatic N) is 1. The number of ether oxygens (including phenoxy) is 2. The highest BCUT2D eigenvalue weighted by atomic mass is 16.5. The van der Waals surface area contributed by atoms with Gasteiger partial charge in [0.1, 0.15) is 6.04 Å². The first-order valence-corrected chi connectivity index (χ1v) is 7.12. The second-order valence-electron chi connectivity index (χ2n) is 5.11. The molecule has 0 aromatic heterocycles. The van der Waals surface area contributed by atoms with Crippen molar-refractivity contribution in [3.8, 4) is 0 Å². The number of nitrogens with one attached hydrogen (secondary N) is 1. The Hall–Kier alpha value is -2.57. The first-order chi connectivity index (χ1) is 10.9. The van der Waals surface area contributed by atoms with E-state index in [1.807, 2.05) is 19.0 Å². The zero-order valence-corrected chi connectivity index (χ0v) is 13.8. The van der Waals surface area contributed by atoms with Crippen LogP contribution in [0, 0.1) is 0 Å². The summed E-state index contributed by atoms with van der Waals surface area (Å²) in [6.45, 7) is 0. The molecule has 23 heavy (non-hydrogen) atoms. The van der Waals surface area contributed by atoms with E-state index >= 15 is 0 Å². The first-order valence-electron chi connectivity index (χ1n) is 7.12. The molecule has 7 heteroatoms. The minimum Gasteiger partial charge on any atom is -0.469 e. The maximum atomic E-state index is 12.2. The van der Waals surface area contributed by atoms with Crippen LogP contribution in [-0.2, 0) is 19.1 Å². The van der Waals surface area contributed by atoms with Crippen LogP contribution in [0.2, 0.25) is 0 Å². The van der Waals surface area contributed by atoms with E-state index in [-0.39, 0.29) is 12.8 Å². The van der Waals surface area contributed by atoms with E-state index in [0.29, 0.717) is 5.56 Å². The van der Waals surface area contributed by atoms with Crippen molar-refractivity contribution in [1.82, 2.24) is 5.32 Å². The number of amides is 1. The Morgan fingerprint density at radius 2 is 1.70 bits per heavy atom. The molecule has 1 aromatic rings. The summed E-state index contributed by atoms with van der Waals surface area (Å²) in [5.74, 6) is -1.47. The normalized spacial score (nSPS) is 11.3. The summed E-state index contributed by atoms with van der Waals surface area (Å²) in [4.78, 5) is 37.1. The SMILES string of the molecule is COC(=O)CCC(NC(=O)c1ccc(N(C)C)cc1)C(=O)OC. The van der Waals surface area contributed by atoms with Crippen LogP contribution in [0.4, 0.5) is 5.69 Å². The second kappa shape index (κ2) is 8.77. The van der Waals surface area contributed by atoms with Gasteiger partial charge in [0.25, 0.3) is 5.91 Å². The molecule has 0 aliphatic carbocycles. The second-order valence-corrected chi connectivity index (χ2v) is 5.11. The number of carbonyl (C=O) groups excluding carboxylic acids is 3. The number of esters is 2. The Labute approximate surface area is 135 Å². The first kappa shape index (κ1) is 18.5. The Kier molecular flexibility index (Phi) is 7.05. The van der Waals surface area contributed by atoms with Gasteiger partial charge in [-0.3, -0.25) is 9.59 Å². The largest absolute Gasteiger partial charge is 0.469 e. The van der Waals surface area contributed by atoms with Crippen molar-refractivity contribution >= 4 is 23.5 Å². The summed E-state index contributed by atoms with van der Waals surface area (Å²) in [6.07, 6.45) is 0.122. The molecule has 126 valence electrons. The van der Waals surface area contributed by atoms with Crippen LogP contribution in [0.1, 0.15) is 23.2 Å². The third kappa shape index (κ3) is 5.61. The van der Waals surface area contributed by atoms with Crippen molar-refractivity contribution in [3.05, 3.63) is 29.8 Å². The number of methoxy groups -OCH3 is 2. The maximum absolute atomic E-state index is 12.2. The molecule has 0 spiro atoms. The number of carbonyl (C=O) groups is 3. The van der Waals surface area contributed by atoms with Crippen LogP contribution in [-0.4, -0.2) is 52.2 Å². The van der Waals surface area contributed by atoms with Crippen LogP contribution < -0.4 is 10.2 Å². The minimum atomic E-state index is -0.903. The Balaban J connectivity index is 2.75. The van der Waals surface area contributed by atoms with Crippen molar-refractivity contribution in [2.75, 3.05) is 33.2 Å². The molecule has 7 nitrogen and oxygen atoms in total. The van der Waals surface area contributed by atoms with E-state index in [1.54, 1.807) is 24.3 Å². The van der Waals surface area contributed by atoms with Gasteiger partial charge >= 0.3 is 11.9 Å². The van der Waals surface area contributed by atoms with Crippen LogP contribution >= 0.6 is 0 Å². The molecule has 0 heterocycles. The zero-order chi connectivity index (χ0) is 17.4. The third-order valence-electron chi connectivity index (χ3n) is 3.30. The van der Waals surface area contributed by atoms with E-state index in [2.05, 4.69) is 14.8 Å². The lowest BCUT2D eigenvalue weighted by Gasteiger charge is -2.17. The Morgan fingerprint density at radius 1 is 1.09 bits per heavy atom. The van der Waals surface area contributed by atoms with Gasteiger partial charge in [0.2, 0.25) is 0 Å². The van der Waals surface area contributed by atoms with Gasteiger partial charge in [0.05, 0.1) is 14.2 Å². The van der Waals surface area contributed by atoms with Crippen molar-refractivity contribution < 1.29 is 23.9 Å². The van der Waals surface area contributed by atoms with E-state index in [0.717, 1.165) is 5.69 Å². The molecule has 1 aromatic carbocycles. The minimum absolute atomic E-state index is 0.0100. The molecule has 0 saturated carbocycles. The fourth-order valence-corrected chi connectivity index (χ4v) is 1.91. The Morgan fingerprint density at radius 3 is 2.17 bits per heavy atom. The van der Waals surface area contributed by atoms with Crippen LogP contribution in [0.15, 0.2) is 24.3 Å². The van der Waals surface area contributed by atoms with Crippen molar-refractivity contribution in [2.45, 2.75) is 18.9 Å². The van der Waals surface area contributed by atoms with Crippen molar-refractivity contribution in [3.63, 3.8) is 0 Å². The lowest BCUT2D eigenvalue weighted by molar-refractivity contribution is -0.144. The summed E-state index contributed by atoms with van der Waals surface area (Å²) in [7, 11) is 6.29. The monoisotopic (exact) mass is 322 g/mol. The van der Waals surface area contributed by atoms with Gasteiger partial charge in [-0.1, -0.05) is 0 Å². The topological polar surface area (TPSA) is 84.9 Å². The molecule has 0 saturated heterocycles. The van der Waals surface area contributed by atoms with Gasteiger partial charge in [-0.25, -0.2) is 4.79 Å². The van der Waals surface area contributed by atoms with Crippen LogP contribution in [0.5, 0.6) is 0 Å². The average molecular weight is 322 g/mol. The molecule has 1 rings (SSSR count). The van der Waals surface area contributed by atoms with Crippen LogP contribution in [0.3, 0.4) is 0 Å². The molecular weight excluding hydrogens is 300 g/mol. The molecule has 0 fully saturated rings. The van der Waals surface area contributed by atoms with Gasteiger partial charge in [-0.05, 0) is 30.7 Å². The van der Waals surface area contributed by atoms with Crippen LogP contribution in [0.25, 0.3) is 0 Å². The lowest BCUT2D eigenvalue weighted by atomic mass is 10.1. The maximum Gasteiger partial charge on any atom is 0.328 e. The smallest absolute Gasteiger partial charge is 0.328 e. The molecule has 1 unspecified atom stereocenters. The number of hydrogen-bond acceptors (Lipinski definition) is 6. The van der Waals surface area contributed by atoms with Gasteiger partial charge in [0, 0.05) is 31.8 Å². The van der Waals surface area contributed by atoms with Gasteiger partial charge in [-0.2, -0.15) is 0 Å². The van der Waals surface area contributed by atoms with Gasteiger partial charge < -0.3 is 19.7 Å². The highest BCUT2D eigenvalue weighted by Crippen LogP contribution is 2.12. The van der Waals surface area contributed by atoms with Crippen molar-refractivity contribution in [1.29, 1.82) is 0 Å². The molecule has 0 aliphatic heterocycles. The third-order valence-corrected chi connectivity index (χ3v) is 3.30. The van der Waals surface area contributed by atoms with E-state index in [4.69, 9.17) is 0 Å². The highest BCUT2D eigenvalue weighted by Gasteiger charge is 2.23. The van der Waals surface area contributed by atoms with Gasteiger partial charge in [-0.15, -0.1) is 0 Å². The summed E-state index contributed by atoms with van der Waals surface area (Å²) in [5, 5.41) is 2.58. The number of benzene rings is 1. The molecule has 0 aliphatic rings. The van der Waals surface area contributed by atoms with Gasteiger partial charge in [0.15, 0.2) is 0 Å². The molecule has 1 atom stereocenters. The van der Waals surface area contributed by atoms with Crippen molar-refractivity contribution in [2.24, 2.45) is 0 Å². The quantitative estimate of drug-likeness (QED) is 0.753. The highest BCUT2D eigenvalue weighted by molar-refractivity contribution is 5.97.